The van der Waals surface area contributed by atoms with Crippen molar-refractivity contribution in [3.8, 4) is 0 Å². The highest BCUT2D eigenvalue weighted by Crippen LogP contribution is 1.99. The van der Waals surface area contributed by atoms with Gasteiger partial charge in [-0.2, -0.15) is 0 Å². The largest absolute Gasteiger partial charge is 0.466 e. The Hall–Kier alpha value is -1.91. The molecule has 0 saturated heterocycles. The Kier molecular flexibility index (Phi) is 5.84. The monoisotopic (exact) mass is 250 g/mol. The van der Waals surface area contributed by atoms with Crippen LogP contribution in [0, 0.1) is 0 Å². The lowest BCUT2D eigenvalue weighted by Crippen LogP contribution is -2.31. The van der Waals surface area contributed by atoms with Gasteiger partial charge in [0.15, 0.2) is 0 Å². The van der Waals surface area contributed by atoms with Gasteiger partial charge in [-0.3, -0.25) is 14.6 Å². The van der Waals surface area contributed by atoms with Crippen molar-refractivity contribution in [3.05, 3.63) is 30.1 Å². The Labute approximate surface area is 107 Å². The first-order chi connectivity index (χ1) is 8.63. The Morgan fingerprint density at radius 1 is 1.39 bits per heavy atom. The molecule has 0 atom stereocenters. The Bertz CT molecular complexity index is 392. The fourth-order valence-electron chi connectivity index (χ4n) is 1.42. The number of pyridine rings is 1. The van der Waals surface area contributed by atoms with E-state index in [1.807, 2.05) is 18.2 Å². The highest BCUT2D eigenvalue weighted by molar-refractivity contribution is 5.94. The predicted octanol–water partition coefficient (Wildman–Crippen LogP) is 1.04. The zero-order valence-corrected chi connectivity index (χ0v) is 10.8. The van der Waals surface area contributed by atoms with E-state index < -0.39 is 5.97 Å². The third-order valence-corrected chi connectivity index (χ3v) is 2.46. The van der Waals surface area contributed by atoms with E-state index >= 15 is 0 Å². The third kappa shape index (κ3) is 4.95. The van der Waals surface area contributed by atoms with Crippen LogP contribution in [0.2, 0.25) is 0 Å². The highest BCUT2D eigenvalue weighted by atomic mass is 16.5. The van der Waals surface area contributed by atoms with Gasteiger partial charge in [0.25, 0.3) is 0 Å². The molecule has 1 heterocycles. The Balaban J connectivity index is 2.34. The minimum absolute atomic E-state index is 0.202. The zero-order chi connectivity index (χ0) is 13.4. The first-order valence-electron chi connectivity index (χ1n) is 5.93. The average molecular weight is 250 g/mol. The maximum Gasteiger partial charge on any atom is 0.315 e. The van der Waals surface area contributed by atoms with E-state index in [1.54, 1.807) is 20.2 Å². The number of aromatic nitrogens is 1. The van der Waals surface area contributed by atoms with Crippen LogP contribution >= 0.6 is 0 Å². The summed E-state index contributed by atoms with van der Waals surface area (Å²) < 4.78 is 4.73. The summed E-state index contributed by atoms with van der Waals surface area (Å²) in [5.74, 6) is -0.712. The molecule has 0 unspecified atom stereocenters. The second-order valence-electron chi connectivity index (χ2n) is 3.87. The number of likely N-dealkylation sites (N-methyl/N-ethyl adjacent to an activating group) is 1. The minimum atomic E-state index is -0.479. The maximum atomic E-state index is 11.7. The molecule has 5 nitrogen and oxygen atoms in total. The topological polar surface area (TPSA) is 59.5 Å². The van der Waals surface area contributed by atoms with E-state index in [0.717, 1.165) is 5.69 Å². The van der Waals surface area contributed by atoms with Crippen molar-refractivity contribution in [2.75, 3.05) is 20.2 Å². The van der Waals surface area contributed by atoms with E-state index in [0.29, 0.717) is 19.6 Å². The minimum Gasteiger partial charge on any atom is -0.466 e. The van der Waals surface area contributed by atoms with Gasteiger partial charge in [0, 0.05) is 31.9 Å². The highest BCUT2D eigenvalue weighted by Gasteiger charge is 2.14. The molecular weight excluding hydrogens is 232 g/mol. The normalized spacial score (nSPS) is 9.89. The first-order valence-corrected chi connectivity index (χ1v) is 5.93. The van der Waals surface area contributed by atoms with Crippen LogP contribution in [0.3, 0.4) is 0 Å². The fraction of sp³-hybridized carbons (Fsp3) is 0.462. The lowest BCUT2D eigenvalue weighted by Gasteiger charge is -2.16. The van der Waals surface area contributed by atoms with Crippen LogP contribution in [0.1, 0.15) is 19.0 Å². The summed E-state index contributed by atoms with van der Waals surface area (Å²) in [4.78, 5) is 28.5. The molecule has 0 aliphatic carbocycles. The molecule has 0 N–H and O–H groups in total. The second-order valence-corrected chi connectivity index (χ2v) is 3.87. The average Bonchev–Trinajstić information content (AvgIpc) is 2.37. The number of hydrogen-bond acceptors (Lipinski definition) is 4. The lowest BCUT2D eigenvalue weighted by atomic mass is 10.2. The molecule has 18 heavy (non-hydrogen) atoms. The number of hydrogen-bond donors (Lipinski definition) is 0. The van der Waals surface area contributed by atoms with Crippen LogP contribution < -0.4 is 0 Å². The lowest BCUT2D eigenvalue weighted by molar-refractivity contribution is -0.148. The summed E-state index contributed by atoms with van der Waals surface area (Å²) in [5.41, 5.74) is 0.924. The molecule has 0 aliphatic rings. The summed E-state index contributed by atoms with van der Waals surface area (Å²) in [6.07, 6.45) is 2.19. The summed E-state index contributed by atoms with van der Waals surface area (Å²) in [6.45, 7) is 2.55. The van der Waals surface area contributed by atoms with Gasteiger partial charge >= 0.3 is 5.97 Å². The van der Waals surface area contributed by atoms with Gasteiger partial charge in [-0.15, -0.1) is 0 Å². The smallest absolute Gasteiger partial charge is 0.315 e. The fourth-order valence-corrected chi connectivity index (χ4v) is 1.42. The first kappa shape index (κ1) is 14.2. The number of ether oxygens (including phenoxy) is 1. The summed E-state index contributed by atoms with van der Waals surface area (Å²) in [5, 5.41) is 0. The number of carbonyl (C=O) groups is 2. The van der Waals surface area contributed by atoms with Crippen LogP contribution in [-0.4, -0.2) is 42.0 Å². The summed E-state index contributed by atoms with van der Waals surface area (Å²) in [7, 11) is 1.67. The number of rotatable bonds is 6. The molecule has 0 fully saturated rings. The van der Waals surface area contributed by atoms with Gasteiger partial charge in [0.1, 0.15) is 6.42 Å². The van der Waals surface area contributed by atoms with Gasteiger partial charge in [-0.05, 0) is 19.1 Å². The summed E-state index contributed by atoms with van der Waals surface area (Å²) in [6, 6.07) is 5.66. The van der Waals surface area contributed by atoms with Crippen molar-refractivity contribution in [1.29, 1.82) is 0 Å². The molecule has 0 saturated carbocycles. The third-order valence-electron chi connectivity index (χ3n) is 2.46. The number of amides is 1. The molecule has 0 radical (unpaired) electrons. The molecule has 0 bridgehead atoms. The Morgan fingerprint density at radius 3 is 2.78 bits per heavy atom. The van der Waals surface area contributed by atoms with Crippen molar-refractivity contribution in [2.24, 2.45) is 0 Å². The number of nitrogens with zero attached hydrogens (tertiary/aromatic N) is 2. The molecular formula is C13H18N2O3. The van der Waals surface area contributed by atoms with Crippen molar-refractivity contribution < 1.29 is 14.3 Å². The molecule has 98 valence electrons. The summed E-state index contributed by atoms with van der Waals surface area (Å²) >= 11 is 0. The van der Waals surface area contributed by atoms with Crippen molar-refractivity contribution in [1.82, 2.24) is 9.88 Å². The number of carbonyl (C=O) groups excluding carboxylic acids is 2. The molecule has 1 aromatic heterocycles. The number of esters is 1. The predicted molar refractivity (Wildman–Crippen MR) is 66.8 cm³/mol. The zero-order valence-electron chi connectivity index (χ0n) is 10.8. The standard InChI is InChI=1S/C13H18N2O3/c1-3-18-13(17)10-12(16)15(2)9-7-11-6-4-5-8-14-11/h4-6,8H,3,7,9-10H2,1-2H3. The van der Waals surface area contributed by atoms with Crippen LogP contribution in [0.25, 0.3) is 0 Å². The second kappa shape index (κ2) is 7.42. The van der Waals surface area contributed by atoms with Crippen molar-refractivity contribution >= 4 is 11.9 Å². The molecule has 5 heteroatoms. The van der Waals surface area contributed by atoms with Crippen LogP contribution in [0.5, 0.6) is 0 Å². The molecule has 0 aliphatic heterocycles. The molecule has 0 aromatic carbocycles. The Morgan fingerprint density at radius 2 is 2.17 bits per heavy atom. The van der Waals surface area contributed by atoms with E-state index in [1.165, 1.54) is 4.90 Å². The van der Waals surface area contributed by atoms with Gasteiger partial charge < -0.3 is 9.64 Å². The quantitative estimate of drug-likeness (QED) is 0.559. The molecule has 1 rings (SSSR count). The van der Waals surface area contributed by atoms with Crippen molar-refractivity contribution in [3.63, 3.8) is 0 Å². The van der Waals surface area contributed by atoms with Gasteiger partial charge in [0.2, 0.25) is 5.91 Å². The van der Waals surface area contributed by atoms with E-state index in [4.69, 9.17) is 4.74 Å². The van der Waals surface area contributed by atoms with Crippen molar-refractivity contribution in [2.45, 2.75) is 19.8 Å². The molecule has 1 amide bonds. The molecule has 1 aromatic rings. The maximum absolute atomic E-state index is 11.7. The van der Waals surface area contributed by atoms with E-state index in [9.17, 15) is 9.59 Å². The van der Waals surface area contributed by atoms with Gasteiger partial charge in [0.05, 0.1) is 6.61 Å². The van der Waals surface area contributed by atoms with Gasteiger partial charge in [-0.1, -0.05) is 6.07 Å². The molecule has 0 spiro atoms. The van der Waals surface area contributed by atoms with E-state index in [2.05, 4.69) is 4.98 Å². The van der Waals surface area contributed by atoms with Crippen LogP contribution in [-0.2, 0) is 20.7 Å². The van der Waals surface area contributed by atoms with Gasteiger partial charge in [-0.25, -0.2) is 0 Å². The van der Waals surface area contributed by atoms with Crippen LogP contribution in [0.15, 0.2) is 24.4 Å². The van der Waals surface area contributed by atoms with E-state index in [-0.39, 0.29) is 12.3 Å². The SMILES string of the molecule is CCOC(=O)CC(=O)N(C)CCc1ccccn1. The van der Waals surface area contributed by atoms with Crippen LogP contribution in [0.4, 0.5) is 0 Å².